The highest BCUT2D eigenvalue weighted by molar-refractivity contribution is 7.89. The van der Waals surface area contributed by atoms with Crippen molar-refractivity contribution in [1.82, 2.24) is 14.3 Å². The van der Waals surface area contributed by atoms with E-state index < -0.39 is 15.9 Å². The summed E-state index contributed by atoms with van der Waals surface area (Å²) in [4.78, 5) is 15.7. The SMILES string of the molecule is COc1cc(CNS(=O)(=O)c2ccccc2-c2ccc(C(N)=O)cc2)ccc1-n1cnc(C)c1. The van der Waals surface area contributed by atoms with Crippen molar-refractivity contribution in [2.45, 2.75) is 18.4 Å². The van der Waals surface area contributed by atoms with Gasteiger partial charge in [0, 0.05) is 23.9 Å². The van der Waals surface area contributed by atoms with Gasteiger partial charge in [0.05, 0.1) is 29.7 Å². The molecule has 8 nitrogen and oxygen atoms in total. The van der Waals surface area contributed by atoms with Crippen molar-refractivity contribution >= 4 is 15.9 Å². The number of benzene rings is 3. The van der Waals surface area contributed by atoms with Crippen LogP contribution >= 0.6 is 0 Å². The maximum absolute atomic E-state index is 13.2. The highest BCUT2D eigenvalue weighted by Gasteiger charge is 2.19. The van der Waals surface area contributed by atoms with Crippen LogP contribution in [0.25, 0.3) is 16.8 Å². The van der Waals surface area contributed by atoms with Crippen molar-refractivity contribution in [2.24, 2.45) is 5.73 Å². The molecule has 0 aliphatic heterocycles. The largest absolute Gasteiger partial charge is 0.495 e. The lowest BCUT2D eigenvalue weighted by atomic mass is 10.0. The number of imidazole rings is 1. The number of sulfonamides is 1. The third-order valence-electron chi connectivity index (χ3n) is 5.36. The Labute approximate surface area is 198 Å². The zero-order valence-corrected chi connectivity index (χ0v) is 19.5. The highest BCUT2D eigenvalue weighted by Crippen LogP contribution is 2.28. The van der Waals surface area contributed by atoms with Gasteiger partial charge in [0.1, 0.15) is 5.75 Å². The molecule has 0 spiro atoms. The molecular formula is C25H24N4O4S. The molecule has 1 heterocycles. The minimum atomic E-state index is -3.84. The van der Waals surface area contributed by atoms with Crippen LogP contribution < -0.4 is 15.2 Å². The van der Waals surface area contributed by atoms with Gasteiger partial charge < -0.3 is 15.0 Å². The molecular weight excluding hydrogens is 452 g/mol. The third-order valence-corrected chi connectivity index (χ3v) is 6.82. The minimum Gasteiger partial charge on any atom is -0.495 e. The smallest absolute Gasteiger partial charge is 0.248 e. The number of rotatable bonds is 8. The lowest BCUT2D eigenvalue weighted by Crippen LogP contribution is -2.24. The molecule has 0 radical (unpaired) electrons. The predicted octanol–water partition coefficient (Wildman–Crippen LogP) is 3.43. The first-order valence-corrected chi connectivity index (χ1v) is 11.9. The van der Waals surface area contributed by atoms with Crippen molar-refractivity contribution in [3.63, 3.8) is 0 Å². The van der Waals surface area contributed by atoms with Crippen LogP contribution in [-0.4, -0.2) is 31.0 Å². The first-order chi connectivity index (χ1) is 16.3. The molecule has 174 valence electrons. The zero-order chi connectivity index (χ0) is 24.3. The number of carbonyl (C=O) groups excluding carboxylic acids is 1. The number of nitrogens with two attached hydrogens (primary N) is 1. The molecule has 3 N–H and O–H groups in total. The van der Waals surface area contributed by atoms with Gasteiger partial charge in [-0.2, -0.15) is 0 Å². The summed E-state index contributed by atoms with van der Waals surface area (Å²) in [6.07, 6.45) is 3.58. The summed E-state index contributed by atoms with van der Waals surface area (Å²) in [5.41, 5.74) is 9.26. The van der Waals surface area contributed by atoms with Gasteiger partial charge in [0.25, 0.3) is 0 Å². The standard InChI is InChI=1S/C25H24N4O4S/c1-17-15-29(16-27-17)22-12-7-18(13-23(22)33-2)14-28-34(31,32)24-6-4-3-5-21(24)19-8-10-20(11-9-19)25(26)30/h3-13,15-16,28H,14H2,1-2H3,(H2,26,30). The van der Waals surface area contributed by atoms with Gasteiger partial charge in [-0.3, -0.25) is 4.79 Å². The Morgan fingerprint density at radius 1 is 1.09 bits per heavy atom. The van der Waals surface area contributed by atoms with Crippen molar-refractivity contribution in [3.05, 3.63) is 96.1 Å². The number of aryl methyl sites for hydroxylation is 1. The molecule has 3 aromatic carbocycles. The number of carbonyl (C=O) groups is 1. The Hall–Kier alpha value is -3.95. The quantitative estimate of drug-likeness (QED) is 0.404. The first kappa shape index (κ1) is 23.2. The molecule has 0 saturated carbocycles. The molecule has 4 aromatic rings. The number of aromatic nitrogens is 2. The zero-order valence-electron chi connectivity index (χ0n) is 18.7. The second-order valence-electron chi connectivity index (χ2n) is 7.69. The van der Waals surface area contributed by atoms with E-state index in [-0.39, 0.29) is 11.4 Å². The third kappa shape index (κ3) is 4.85. The van der Waals surface area contributed by atoms with Gasteiger partial charge in [-0.05, 0) is 48.4 Å². The van der Waals surface area contributed by atoms with Gasteiger partial charge in [-0.25, -0.2) is 18.1 Å². The number of hydrogen-bond donors (Lipinski definition) is 2. The van der Waals surface area contributed by atoms with Crippen LogP contribution in [0.1, 0.15) is 21.6 Å². The molecule has 0 bridgehead atoms. The molecule has 0 fully saturated rings. The van der Waals surface area contributed by atoms with Crippen LogP contribution in [0, 0.1) is 6.92 Å². The van der Waals surface area contributed by atoms with E-state index >= 15 is 0 Å². The second kappa shape index (κ2) is 9.50. The number of amides is 1. The van der Waals surface area contributed by atoms with Crippen LogP contribution in [0.3, 0.4) is 0 Å². The van der Waals surface area contributed by atoms with E-state index in [1.165, 1.54) is 0 Å². The Morgan fingerprint density at radius 2 is 1.82 bits per heavy atom. The predicted molar refractivity (Wildman–Crippen MR) is 129 cm³/mol. The summed E-state index contributed by atoms with van der Waals surface area (Å²) in [5, 5.41) is 0. The molecule has 0 aliphatic rings. The van der Waals surface area contributed by atoms with Gasteiger partial charge in [-0.1, -0.05) is 36.4 Å². The van der Waals surface area contributed by atoms with Crippen molar-refractivity contribution in [1.29, 1.82) is 0 Å². The van der Waals surface area contributed by atoms with E-state index in [1.807, 2.05) is 29.8 Å². The maximum Gasteiger partial charge on any atom is 0.248 e. The van der Waals surface area contributed by atoms with E-state index in [0.29, 0.717) is 22.4 Å². The number of primary amides is 1. The van der Waals surface area contributed by atoms with Crippen LogP contribution in [0.4, 0.5) is 0 Å². The average molecular weight is 477 g/mol. The lowest BCUT2D eigenvalue weighted by molar-refractivity contribution is 0.100. The van der Waals surface area contributed by atoms with Gasteiger partial charge in [0.2, 0.25) is 15.9 Å². The molecule has 34 heavy (non-hydrogen) atoms. The average Bonchev–Trinajstić information content (AvgIpc) is 3.28. The molecule has 0 saturated heterocycles. The molecule has 0 atom stereocenters. The topological polar surface area (TPSA) is 116 Å². The molecule has 1 amide bonds. The summed E-state index contributed by atoms with van der Waals surface area (Å²) in [6.45, 7) is 1.98. The van der Waals surface area contributed by atoms with Crippen molar-refractivity contribution in [3.8, 4) is 22.6 Å². The Kier molecular flexibility index (Phi) is 6.49. The summed E-state index contributed by atoms with van der Waals surface area (Å²) in [5.74, 6) is 0.0581. The number of hydrogen-bond acceptors (Lipinski definition) is 5. The highest BCUT2D eigenvalue weighted by atomic mass is 32.2. The van der Waals surface area contributed by atoms with Crippen LogP contribution in [0.5, 0.6) is 5.75 Å². The maximum atomic E-state index is 13.2. The molecule has 0 aliphatic carbocycles. The fourth-order valence-electron chi connectivity index (χ4n) is 3.61. The fraction of sp³-hybridized carbons (Fsp3) is 0.120. The van der Waals surface area contributed by atoms with Gasteiger partial charge >= 0.3 is 0 Å². The van der Waals surface area contributed by atoms with Crippen LogP contribution in [0.2, 0.25) is 0 Å². The summed E-state index contributed by atoms with van der Waals surface area (Å²) >= 11 is 0. The minimum absolute atomic E-state index is 0.0802. The summed E-state index contributed by atoms with van der Waals surface area (Å²) in [6, 6.07) is 18.7. The normalized spacial score (nSPS) is 11.4. The Bertz CT molecular complexity index is 1440. The summed E-state index contributed by atoms with van der Waals surface area (Å²) < 4.78 is 36.4. The van der Waals surface area contributed by atoms with Gasteiger partial charge in [0.15, 0.2) is 0 Å². The summed E-state index contributed by atoms with van der Waals surface area (Å²) in [7, 11) is -2.27. The Balaban J connectivity index is 1.58. The fourth-order valence-corrected chi connectivity index (χ4v) is 4.85. The van der Waals surface area contributed by atoms with Gasteiger partial charge in [-0.15, -0.1) is 0 Å². The molecule has 4 rings (SSSR count). The monoisotopic (exact) mass is 476 g/mol. The van der Waals surface area contributed by atoms with Crippen LogP contribution in [0.15, 0.2) is 84.1 Å². The van der Waals surface area contributed by atoms with Crippen molar-refractivity contribution < 1.29 is 17.9 Å². The van der Waals surface area contributed by atoms with E-state index in [9.17, 15) is 13.2 Å². The number of methoxy groups -OCH3 is 1. The molecule has 0 unspecified atom stereocenters. The molecule has 9 heteroatoms. The van der Waals surface area contributed by atoms with Crippen molar-refractivity contribution in [2.75, 3.05) is 7.11 Å². The van der Waals surface area contributed by atoms with Crippen LogP contribution in [-0.2, 0) is 16.6 Å². The van der Waals surface area contributed by atoms with E-state index in [1.54, 1.807) is 68.0 Å². The lowest BCUT2D eigenvalue weighted by Gasteiger charge is -2.14. The van der Waals surface area contributed by atoms with E-state index in [4.69, 9.17) is 10.5 Å². The number of nitrogens with zero attached hydrogens (tertiary/aromatic N) is 2. The second-order valence-corrected chi connectivity index (χ2v) is 9.43. The van der Waals surface area contributed by atoms with E-state index in [0.717, 1.165) is 16.9 Å². The molecule has 1 aromatic heterocycles. The number of nitrogens with one attached hydrogen (secondary N) is 1. The number of ether oxygens (including phenoxy) is 1. The Morgan fingerprint density at radius 3 is 2.47 bits per heavy atom. The van der Waals surface area contributed by atoms with E-state index in [2.05, 4.69) is 9.71 Å². The first-order valence-electron chi connectivity index (χ1n) is 10.5.